The highest BCUT2D eigenvalue weighted by Gasteiger charge is 2.28. The highest BCUT2D eigenvalue weighted by atomic mass is 32.2. The fourth-order valence-corrected chi connectivity index (χ4v) is 3.88. The molecule has 1 aromatic carbocycles. The van der Waals surface area contributed by atoms with E-state index in [9.17, 15) is 17.6 Å². The van der Waals surface area contributed by atoms with E-state index in [0.29, 0.717) is 25.9 Å². The van der Waals surface area contributed by atoms with Gasteiger partial charge in [0.1, 0.15) is 5.82 Å². The summed E-state index contributed by atoms with van der Waals surface area (Å²) in [6.07, 6.45) is 2.52. The molecule has 1 aliphatic heterocycles. The Morgan fingerprint density at radius 1 is 1.20 bits per heavy atom. The Morgan fingerprint density at radius 2 is 1.76 bits per heavy atom. The van der Waals surface area contributed by atoms with E-state index in [1.54, 1.807) is 12.1 Å². The van der Waals surface area contributed by atoms with Crippen LogP contribution in [0.25, 0.3) is 0 Å². The van der Waals surface area contributed by atoms with Gasteiger partial charge in [-0.15, -0.1) is 0 Å². The lowest BCUT2D eigenvalue weighted by atomic mass is 10.0. The number of rotatable bonds is 6. The summed E-state index contributed by atoms with van der Waals surface area (Å²) in [6, 6.07) is 5.49. The van der Waals surface area contributed by atoms with Gasteiger partial charge < -0.3 is 5.32 Å². The zero-order chi connectivity index (χ0) is 18.6. The normalized spacial score (nSPS) is 19.4. The average molecular weight is 371 g/mol. The van der Waals surface area contributed by atoms with Crippen LogP contribution in [0.15, 0.2) is 24.3 Å². The van der Waals surface area contributed by atoms with E-state index in [2.05, 4.69) is 10.0 Å². The Balaban J connectivity index is 1.85. The largest absolute Gasteiger partial charge is 0.348 e. The summed E-state index contributed by atoms with van der Waals surface area (Å²) in [5.74, 6) is -0.396. The van der Waals surface area contributed by atoms with E-state index < -0.39 is 10.0 Å². The molecule has 2 rings (SSSR count). The maximum atomic E-state index is 13.0. The van der Waals surface area contributed by atoms with Crippen molar-refractivity contribution in [3.05, 3.63) is 35.6 Å². The van der Waals surface area contributed by atoms with Gasteiger partial charge in [0, 0.05) is 19.1 Å². The van der Waals surface area contributed by atoms with Crippen LogP contribution in [0.4, 0.5) is 4.39 Å². The van der Waals surface area contributed by atoms with Gasteiger partial charge in [-0.05, 0) is 44.4 Å². The van der Waals surface area contributed by atoms with Crippen molar-refractivity contribution in [2.24, 2.45) is 0 Å². The first-order valence-corrected chi connectivity index (χ1v) is 10.3. The number of piperidine rings is 1. The monoisotopic (exact) mass is 371 g/mol. The first kappa shape index (κ1) is 19.8. The zero-order valence-corrected chi connectivity index (χ0v) is 15.6. The average Bonchev–Trinajstić information content (AvgIpc) is 2.54. The van der Waals surface area contributed by atoms with Gasteiger partial charge in [-0.25, -0.2) is 17.5 Å². The van der Waals surface area contributed by atoms with Crippen LogP contribution in [0.2, 0.25) is 0 Å². The van der Waals surface area contributed by atoms with Crippen molar-refractivity contribution in [3.63, 3.8) is 0 Å². The van der Waals surface area contributed by atoms with E-state index >= 15 is 0 Å². The topological polar surface area (TPSA) is 78.5 Å². The number of hydrogen-bond acceptors (Lipinski definition) is 4. The van der Waals surface area contributed by atoms with E-state index in [1.165, 1.54) is 12.1 Å². The van der Waals surface area contributed by atoms with Crippen LogP contribution < -0.4 is 10.0 Å². The third kappa shape index (κ3) is 6.05. The molecule has 1 aromatic rings. The van der Waals surface area contributed by atoms with Gasteiger partial charge in [-0.1, -0.05) is 12.1 Å². The number of carbonyl (C=O) groups excluding carboxylic acids is 1. The van der Waals surface area contributed by atoms with Crippen molar-refractivity contribution >= 4 is 15.9 Å². The smallest absolute Gasteiger partial charge is 0.237 e. The molecule has 0 aromatic heterocycles. The third-order valence-electron chi connectivity index (χ3n) is 4.57. The van der Waals surface area contributed by atoms with Crippen molar-refractivity contribution in [1.82, 2.24) is 14.9 Å². The zero-order valence-electron chi connectivity index (χ0n) is 14.8. The SMILES string of the molecule is CC(NC(=O)C(C)N1CCC(NS(C)(=O)=O)CC1)c1ccc(F)cc1. The summed E-state index contributed by atoms with van der Waals surface area (Å²) in [6.45, 7) is 5.02. The summed E-state index contributed by atoms with van der Waals surface area (Å²) in [5, 5.41) is 2.95. The first-order valence-electron chi connectivity index (χ1n) is 8.43. The molecule has 0 bridgehead atoms. The molecule has 25 heavy (non-hydrogen) atoms. The number of nitrogens with one attached hydrogen (secondary N) is 2. The minimum Gasteiger partial charge on any atom is -0.348 e. The summed E-state index contributed by atoms with van der Waals surface area (Å²) >= 11 is 0. The number of carbonyl (C=O) groups is 1. The molecule has 1 heterocycles. The molecule has 1 saturated heterocycles. The van der Waals surface area contributed by atoms with Crippen LogP contribution >= 0.6 is 0 Å². The summed E-state index contributed by atoms with van der Waals surface area (Å²) in [5.41, 5.74) is 0.845. The van der Waals surface area contributed by atoms with Crippen LogP contribution in [-0.4, -0.2) is 50.7 Å². The number of sulfonamides is 1. The molecule has 0 saturated carbocycles. The Labute approximate surface area is 148 Å². The van der Waals surface area contributed by atoms with Crippen LogP contribution in [0.3, 0.4) is 0 Å². The number of hydrogen-bond donors (Lipinski definition) is 2. The van der Waals surface area contributed by atoms with Crippen LogP contribution in [0, 0.1) is 5.82 Å². The predicted octanol–water partition coefficient (Wildman–Crippen LogP) is 1.41. The molecule has 6 nitrogen and oxygen atoms in total. The third-order valence-corrected chi connectivity index (χ3v) is 5.33. The molecule has 0 spiro atoms. The number of halogens is 1. The highest BCUT2D eigenvalue weighted by molar-refractivity contribution is 7.88. The fraction of sp³-hybridized carbons (Fsp3) is 0.588. The van der Waals surface area contributed by atoms with Crippen molar-refractivity contribution in [1.29, 1.82) is 0 Å². The van der Waals surface area contributed by atoms with Crippen LogP contribution in [-0.2, 0) is 14.8 Å². The Bertz CT molecular complexity index is 686. The van der Waals surface area contributed by atoms with Gasteiger partial charge in [0.2, 0.25) is 15.9 Å². The van der Waals surface area contributed by atoms with Crippen LogP contribution in [0.5, 0.6) is 0 Å². The number of benzene rings is 1. The molecule has 140 valence electrons. The minimum absolute atomic E-state index is 0.0698. The molecule has 1 amide bonds. The molecule has 0 radical (unpaired) electrons. The second kappa shape index (κ2) is 8.25. The predicted molar refractivity (Wildman–Crippen MR) is 95.0 cm³/mol. The van der Waals surface area contributed by atoms with Gasteiger partial charge in [0.05, 0.1) is 18.3 Å². The van der Waals surface area contributed by atoms with Gasteiger partial charge in [0.15, 0.2) is 0 Å². The van der Waals surface area contributed by atoms with E-state index in [4.69, 9.17) is 0 Å². The van der Waals surface area contributed by atoms with Crippen molar-refractivity contribution < 1.29 is 17.6 Å². The second-order valence-electron chi connectivity index (χ2n) is 6.66. The molecule has 1 aliphatic rings. The van der Waals surface area contributed by atoms with E-state index in [1.807, 2.05) is 18.7 Å². The standard InChI is InChI=1S/C17H26FN3O3S/c1-12(14-4-6-15(18)7-5-14)19-17(22)13(2)21-10-8-16(9-11-21)20-25(3,23)24/h4-7,12-13,16,20H,8-11H2,1-3H3,(H,19,22). The van der Waals surface area contributed by atoms with Gasteiger partial charge in [-0.2, -0.15) is 0 Å². The van der Waals surface area contributed by atoms with Gasteiger partial charge >= 0.3 is 0 Å². The lowest BCUT2D eigenvalue weighted by Crippen LogP contribution is -2.51. The summed E-state index contributed by atoms with van der Waals surface area (Å²) in [7, 11) is -3.20. The lowest BCUT2D eigenvalue weighted by molar-refractivity contribution is -0.127. The summed E-state index contributed by atoms with van der Waals surface area (Å²) < 4.78 is 38.2. The maximum absolute atomic E-state index is 13.0. The molecule has 2 unspecified atom stereocenters. The quantitative estimate of drug-likeness (QED) is 0.792. The van der Waals surface area contributed by atoms with E-state index in [-0.39, 0.29) is 29.8 Å². The fourth-order valence-electron chi connectivity index (χ4n) is 3.04. The number of amides is 1. The Hall–Kier alpha value is -1.51. The van der Waals surface area contributed by atoms with Crippen molar-refractivity contribution in [2.45, 2.75) is 44.8 Å². The minimum atomic E-state index is -3.20. The maximum Gasteiger partial charge on any atom is 0.237 e. The number of likely N-dealkylation sites (tertiary alicyclic amines) is 1. The molecular formula is C17H26FN3O3S. The van der Waals surface area contributed by atoms with Crippen molar-refractivity contribution in [3.8, 4) is 0 Å². The lowest BCUT2D eigenvalue weighted by Gasteiger charge is -2.35. The highest BCUT2D eigenvalue weighted by Crippen LogP contribution is 2.16. The second-order valence-corrected chi connectivity index (χ2v) is 8.44. The molecule has 0 aliphatic carbocycles. The van der Waals surface area contributed by atoms with Gasteiger partial charge in [0.25, 0.3) is 0 Å². The Morgan fingerprint density at radius 3 is 2.28 bits per heavy atom. The Kier molecular flexibility index (Phi) is 6.53. The molecule has 2 N–H and O–H groups in total. The van der Waals surface area contributed by atoms with Crippen molar-refractivity contribution in [2.75, 3.05) is 19.3 Å². The molecule has 1 fully saturated rings. The van der Waals surface area contributed by atoms with Gasteiger partial charge in [-0.3, -0.25) is 9.69 Å². The molecular weight excluding hydrogens is 345 g/mol. The number of nitrogens with zero attached hydrogens (tertiary/aromatic N) is 1. The molecule has 2 atom stereocenters. The molecule has 8 heteroatoms. The van der Waals surface area contributed by atoms with E-state index in [0.717, 1.165) is 11.8 Å². The first-order chi connectivity index (χ1) is 11.7. The van der Waals surface area contributed by atoms with Crippen LogP contribution in [0.1, 0.15) is 38.3 Å². The summed E-state index contributed by atoms with van der Waals surface area (Å²) in [4.78, 5) is 14.5.